The van der Waals surface area contributed by atoms with E-state index in [1.165, 1.54) is 5.56 Å². The second-order valence-corrected chi connectivity index (χ2v) is 5.72. The van der Waals surface area contributed by atoms with Gasteiger partial charge in [0.15, 0.2) is 0 Å². The molecule has 0 aliphatic rings. The molecule has 0 radical (unpaired) electrons. The molecule has 0 unspecified atom stereocenters. The fourth-order valence-corrected chi connectivity index (χ4v) is 2.58. The molecule has 2 N–H and O–H groups in total. The second-order valence-electron chi connectivity index (χ2n) is 5.72. The zero-order valence-electron chi connectivity index (χ0n) is 13.6. The summed E-state index contributed by atoms with van der Waals surface area (Å²) in [6.45, 7) is 2.05. The molecule has 1 atom stereocenters. The number of hydrogen-bond acceptors (Lipinski definition) is 1. The number of carbonyl (C=O) groups is 1. The Hall–Kier alpha value is -3.07. The van der Waals surface area contributed by atoms with Gasteiger partial charge in [-0.15, -0.1) is 0 Å². The van der Waals surface area contributed by atoms with Gasteiger partial charge in [0.1, 0.15) is 0 Å². The lowest BCUT2D eigenvalue weighted by atomic mass is 9.98. The number of hydrogen-bond donors (Lipinski definition) is 2. The predicted octanol–water partition coefficient (Wildman–Crippen LogP) is 4.91. The van der Waals surface area contributed by atoms with Gasteiger partial charge in [0, 0.05) is 5.69 Å². The molecule has 120 valence electrons. The molecular formula is C21H20N2O. The van der Waals surface area contributed by atoms with Crippen molar-refractivity contribution in [2.75, 3.05) is 5.32 Å². The topological polar surface area (TPSA) is 41.1 Å². The van der Waals surface area contributed by atoms with Crippen LogP contribution >= 0.6 is 0 Å². The number of urea groups is 1. The molecule has 0 saturated heterocycles. The number of anilines is 1. The molecule has 0 bridgehead atoms. The van der Waals surface area contributed by atoms with Gasteiger partial charge in [-0.3, -0.25) is 0 Å². The number of para-hydroxylation sites is 1. The van der Waals surface area contributed by atoms with Crippen LogP contribution in [0.4, 0.5) is 10.5 Å². The number of benzene rings is 3. The monoisotopic (exact) mass is 316 g/mol. The first-order chi connectivity index (χ1) is 11.7. The summed E-state index contributed by atoms with van der Waals surface area (Å²) in [6.07, 6.45) is 0. The van der Waals surface area contributed by atoms with Crippen molar-refractivity contribution in [1.29, 1.82) is 0 Å². The maximum absolute atomic E-state index is 12.4. The van der Waals surface area contributed by atoms with E-state index in [4.69, 9.17) is 0 Å². The first kappa shape index (κ1) is 15.8. The lowest BCUT2D eigenvalue weighted by Crippen LogP contribution is -2.33. The summed E-state index contributed by atoms with van der Waals surface area (Å²) < 4.78 is 0. The Labute approximate surface area is 142 Å². The van der Waals surface area contributed by atoms with Crippen LogP contribution < -0.4 is 10.6 Å². The van der Waals surface area contributed by atoms with E-state index in [9.17, 15) is 4.79 Å². The van der Waals surface area contributed by atoms with Gasteiger partial charge >= 0.3 is 6.03 Å². The van der Waals surface area contributed by atoms with Crippen LogP contribution in [-0.2, 0) is 0 Å². The molecule has 0 aromatic heterocycles. The molecule has 0 fully saturated rings. The van der Waals surface area contributed by atoms with E-state index in [1.54, 1.807) is 0 Å². The summed E-state index contributed by atoms with van der Waals surface area (Å²) >= 11 is 0. The zero-order valence-corrected chi connectivity index (χ0v) is 13.6. The first-order valence-corrected chi connectivity index (χ1v) is 7.96. The van der Waals surface area contributed by atoms with Crippen LogP contribution in [0.15, 0.2) is 84.9 Å². The minimum absolute atomic E-state index is 0.199. The van der Waals surface area contributed by atoms with Crippen molar-refractivity contribution >= 4 is 11.7 Å². The minimum atomic E-state index is -0.226. The molecule has 3 aromatic rings. The van der Waals surface area contributed by atoms with Gasteiger partial charge in [-0.2, -0.15) is 0 Å². The van der Waals surface area contributed by atoms with E-state index in [0.29, 0.717) is 0 Å². The van der Waals surface area contributed by atoms with Gasteiger partial charge in [-0.25, -0.2) is 4.79 Å². The van der Waals surface area contributed by atoms with Crippen LogP contribution in [0.3, 0.4) is 0 Å². The van der Waals surface area contributed by atoms with Crippen molar-refractivity contribution in [3.8, 4) is 0 Å². The van der Waals surface area contributed by atoms with Crippen molar-refractivity contribution in [3.63, 3.8) is 0 Å². The average Bonchev–Trinajstić information content (AvgIpc) is 2.62. The Morgan fingerprint density at radius 2 is 1.29 bits per heavy atom. The Bertz CT molecular complexity index is 783. The summed E-state index contributed by atoms with van der Waals surface area (Å²) in [4.78, 5) is 12.4. The van der Waals surface area contributed by atoms with Crippen LogP contribution in [0.5, 0.6) is 0 Å². The third-order valence-electron chi connectivity index (χ3n) is 3.85. The van der Waals surface area contributed by atoms with E-state index in [-0.39, 0.29) is 12.1 Å². The van der Waals surface area contributed by atoms with E-state index in [1.807, 2.05) is 60.7 Å². The molecule has 0 spiro atoms. The Kier molecular flexibility index (Phi) is 4.92. The smallest absolute Gasteiger partial charge is 0.319 e. The fraction of sp³-hybridized carbons (Fsp3) is 0.0952. The van der Waals surface area contributed by atoms with Crippen molar-refractivity contribution < 1.29 is 4.79 Å². The van der Waals surface area contributed by atoms with Crippen LogP contribution in [0.1, 0.15) is 22.7 Å². The lowest BCUT2D eigenvalue weighted by Gasteiger charge is -2.20. The van der Waals surface area contributed by atoms with Crippen LogP contribution in [0, 0.1) is 6.92 Å². The third-order valence-corrected chi connectivity index (χ3v) is 3.85. The molecule has 24 heavy (non-hydrogen) atoms. The quantitative estimate of drug-likeness (QED) is 0.706. The normalized spacial score (nSPS) is 11.5. The largest absolute Gasteiger partial charge is 0.327 e. The second kappa shape index (κ2) is 7.47. The van der Waals surface area contributed by atoms with E-state index >= 15 is 0 Å². The number of carbonyl (C=O) groups excluding carboxylic acids is 1. The highest BCUT2D eigenvalue weighted by Gasteiger charge is 2.16. The van der Waals surface area contributed by atoms with E-state index in [2.05, 4.69) is 41.8 Å². The van der Waals surface area contributed by atoms with Crippen LogP contribution in [0.25, 0.3) is 0 Å². The summed E-state index contributed by atoms with van der Waals surface area (Å²) in [5.41, 5.74) is 4.06. The van der Waals surface area contributed by atoms with Crippen molar-refractivity contribution in [1.82, 2.24) is 5.32 Å². The molecule has 3 nitrogen and oxygen atoms in total. The van der Waals surface area contributed by atoms with Crippen LogP contribution in [-0.4, -0.2) is 6.03 Å². The number of nitrogens with one attached hydrogen (secondary N) is 2. The Balaban J connectivity index is 1.82. The Morgan fingerprint density at radius 3 is 1.92 bits per heavy atom. The van der Waals surface area contributed by atoms with E-state index in [0.717, 1.165) is 16.8 Å². The number of rotatable bonds is 4. The zero-order chi connectivity index (χ0) is 16.8. The van der Waals surface area contributed by atoms with Gasteiger partial charge in [0.2, 0.25) is 0 Å². The highest BCUT2D eigenvalue weighted by molar-refractivity contribution is 5.89. The maximum atomic E-state index is 12.4. The molecular weight excluding hydrogens is 296 g/mol. The molecule has 0 saturated carbocycles. The summed E-state index contributed by atoms with van der Waals surface area (Å²) in [5, 5.41) is 5.94. The van der Waals surface area contributed by atoms with Gasteiger partial charge in [-0.1, -0.05) is 78.4 Å². The van der Waals surface area contributed by atoms with Crippen LogP contribution in [0.2, 0.25) is 0 Å². The summed E-state index contributed by atoms with van der Waals surface area (Å²) in [5.74, 6) is 0. The third kappa shape index (κ3) is 4.02. The molecule has 0 aliphatic heterocycles. The number of aryl methyl sites for hydroxylation is 1. The van der Waals surface area contributed by atoms with Gasteiger partial charge < -0.3 is 10.6 Å². The Morgan fingerprint density at radius 1 is 0.750 bits per heavy atom. The first-order valence-electron chi connectivity index (χ1n) is 7.96. The average molecular weight is 316 g/mol. The highest BCUT2D eigenvalue weighted by atomic mass is 16.2. The predicted molar refractivity (Wildman–Crippen MR) is 98.1 cm³/mol. The van der Waals surface area contributed by atoms with E-state index < -0.39 is 0 Å². The minimum Gasteiger partial charge on any atom is -0.327 e. The number of amides is 2. The van der Waals surface area contributed by atoms with Gasteiger partial charge in [0.05, 0.1) is 6.04 Å². The molecule has 3 rings (SSSR count). The highest BCUT2D eigenvalue weighted by Crippen LogP contribution is 2.22. The summed E-state index contributed by atoms with van der Waals surface area (Å²) in [6, 6.07) is 27.2. The molecule has 3 heteroatoms. The summed E-state index contributed by atoms with van der Waals surface area (Å²) in [7, 11) is 0. The maximum Gasteiger partial charge on any atom is 0.319 e. The SMILES string of the molecule is Cc1ccc([C@@H](NC(=O)Nc2ccccc2)c2ccccc2)cc1. The standard InChI is InChI=1S/C21H20N2O/c1-16-12-14-18(15-13-16)20(17-8-4-2-5-9-17)23-21(24)22-19-10-6-3-7-11-19/h2-15,20H,1H3,(H2,22,23,24)/t20-/m0/s1. The van der Waals surface area contributed by atoms with Gasteiger partial charge in [-0.05, 0) is 30.2 Å². The lowest BCUT2D eigenvalue weighted by molar-refractivity contribution is 0.250. The van der Waals surface area contributed by atoms with Crippen molar-refractivity contribution in [2.45, 2.75) is 13.0 Å². The molecule has 3 aromatic carbocycles. The van der Waals surface area contributed by atoms with Gasteiger partial charge in [0.25, 0.3) is 0 Å². The molecule has 0 heterocycles. The fourth-order valence-electron chi connectivity index (χ4n) is 2.58. The van der Waals surface area contributed by atoms with Crippen molar-refractivity contribution in [2.24, 2.45) is 0 Å². The molecule has 0 aliphatic carbocycles. The van der Waals surface area contributed by atoms with Crippen molar-refractivity contribution in [3.05, 3.63) is 102 Å². The molecule has 2 amide bonds.